The van der Waals surface area contributed by atoms with Crippen molar-refractivity contribution in [2.75, 3.05) is 20.3 Å². The van der Waals surface area contributed by atoms with E-state index in [2.05, 4.69) is 19.2 Å². The topological polar surface area (TPSA) is 30.5 Å². The van der Waals surface area contributed by atoms with Gasteiger partial charge in [-0.25, -0.2) is 0 Å². The van der Waals surface area contributed by atoms with Gasteiger partial charge in [0.2, 0.25) is 0 Å². The highest BCUT2D eigenvalue weighted by Gasteiger charge is 2.22. The van der Waals surface area contributed by atoms with Crippen molar-refractivity contribution >= 4 is 11.6 Å². The van der Waals surface area contributed by atoms with Gasteiger partial charge in [-0.1, -0.05) is 18.5 Å². The zero-order valence-electron chi connectivity index (χ0n) is 12.2. The quantitative estimate of drug-likeness (QED) is 0.788. The maximum absolute atomic E-state index is 6.11. The van der Waals surface area contributed by atoms with Gasteiger partial charge in [0.05, 0.1) is 19.3 Å². The highest BCUT2D eigenvalue weighted by molar-refractivity contribution is 6.30. The molecule has 1 aromatic carbocycles. The van der Waals surface area contributed by atoms with Gasteiger partial charge >= 0.3 is 0 Å². The molecule has 19 heavy (non-hydrogen) atoms. The van der Waals surface area contributed by atoms with Crippen molar-refractivity contribution in [3.8, 4) is 5.75 Å². The fraction of sp³-hybridized carbons (Fsp3) is 0.600. The molecule has 1 N–H and O–H groups in total. The number of ether oxygens (including phenoxy) is 2. The molecule has 0 amide bonds. The predicted molar refractivity (Wildman–Crippen MR) is 80.1 cm³/mol. The van der Waals surface area contributed by atoms with E-state index < -0.39 is 0 Å². The number of halogens is 1. The van der Waals surface area contributed by atoms with Crippen LogP contribution in [0.1, 0.15) is 38.8 Å². The summed E-state index contributed by atoms with van der Waals surface area (Å²) in [6, 6.07) is 5.76. The van der Waals surface area contributed by atoms with E-state index >= 15 is 0 Å². The minimum atomic E-state index is 0.0592. The molecule has 0 heterocycles. The van der Waals surface area contributed by atoms with Crippen molar-refractivity contribution in [3.63, 3.8) is 0 Å². The van der Waals surface area contributed by atoms with E-state index in [1.807, 2.05) is 25.1 Å². The third-order valence-corrected chi connectivity index (χ3v) is 3.28. The van der Waals surface area contributed by atoms with Gasteiger partial charge in [-0.3, -0.25) is 0 Å². The van der Waals surface area contributed by atoms with Crippen LogP contribution in [0.2, 0.25) is 5.02 Å². The Hall–Kier alpha value is -0.770. The highest BCUT2D eigenvalue weighted by atomic mass is 35.5. The van der Waals surface area contributed by atoms with Gasteiger partial charge in [0.1, 0.15) is 5.75 Å². The molecule has 0 fully saturated rings. The Labute approximate surface area is 121 Å². The summed E-state index contributed by atoms with van der Waals surface area (Å²) >= 11 is 6.11. The van der Waals surface area contributed by atoms with Gasteiger partial charge in [0.15, 0.2) is 0 Å². The maximum atomic E-state index is 6.11. The first-order valence-corrected chi connectivity index (χ1v) is 7.20. The molecule has 0 bridgehead atoms. The van der Waals surface area contributed by atoms with Crippen LogP contribution in [0.5, 0.6) is 5.75 Å². The van der Waals surface area contributed by atoms with Crippen molar-refractivity contribution in [2.45, 2.75) is 39.3 Å². The summed E-state index contributed by atoms with van der Waals surface area (Å²) in [5.74, 6) is 0.838. The van der Waals surface area contributed by atoms with Crippen molar-refractivity contribution < 1.29 is 9.47 Å². The number of nitrogens with one attached hydrogen (secondary N) is 1. The van der Waals surface area contributed by atoms with E-state index in [4.69, 9.17) is 21.1 Å². The first-order valence-electron chi connectivity index (χ1n) is 6.82. The van der Waals surface area contributed by atoms with E-state index in [1.165, 1.54) is 0 Å². The molecule has 1 aromatic rings. The Bertz CT molecular complexity index is 384. The summed E-state index contributed by atoms with van der Waals surface area (Å²) in [4.78, 5) is 0. The zero-order chi connectivity index (χ0) is 14.3. The fourth-order valence-electron chi connectivity index (χ4n) is 2.14. The average molecular weight is 286 g/mol. The summed E-state index contributed by atoms with van der Waals surface area (Å²) < 4.78 is 11.2. The Morgan fingerprint density at radius 1 is 1.32 bits per heavy atom. The van der Waals surface area contributed by atoms with Crippen LogP contribution in [-0.2, 0) is 4.74 Å². The number of rotatable bonds is 8. The summed E-state index contributed by atoms with van der Waals surface area (Å²) in [5, 5.41) is 4.22. The third-order valence-electron chi connectivity index (χ3n) is 3.04. The number of hydrogen-bond acceptors (Lipinski definition) is 3. The second-order valence-corrected chi connectivity index (χ2v) is 4.91. The maximum Gasteiger partial charge on any atom is 0.123 e. The molecule has 0 aromatic heterocycles. The van der Waals surface area contributed by atoms with Crippen LogP contribution >= 0.6 is 11.6 Å². The van der Waals surface area contributed by atoms with Gasteiger partial charge < -0.3 is 14.8 Å². The standard InChI is InChI=1S/C15H24ClNO2/c1-5-9-17-15(11(3)19-6-2)13-10-12(16)7-8-14(13)18-4/h7-8,10-11,15,17H,5-6,9H2,1-4H3. The molecule has 3 nitrogen and oxygen atoms in total. The van der Waals surface area contributed by atoms with E-state index in [1.54, 1.807) is 7.11 Å². The second kappa shape index (κ2) is 8.41. The smallest absolute Gasteiger partial charge is 0.123 e. The first-order chi connectivity index (χ1) is 9.13. The lowest BCUT2D eigenvalue weighted by Crippen LogP contribution is -2.33. The van der Waals surface area contributed by atoms with Gasteiger partial charge in [-0.15, -0.1) is 0 Å². The minimum absolute atomic E-state index is 0.0592. The van der Waals surface area contributed by atoms with Crippen molar-refractivity contribution in [1.29, 1.82) is 0 Å². The lowest BCUT2D eigenvalue weighted by Gasteiger charge is -2.27. The Morgan fingerprint density at radius 2 is 2.05 bits per heavy atom. The first kappa shape index (κ1) is 16.3. The van der Waals surface area contributed by atoms with Gasteiger partial charge in [0, 0.05) is 17.2 Å². The number of benzene rings is 1. The molecule has 0 aliphatic carbocycles. The van der Waals surface area contributed by atoms with Crippen LogP contribution in [0.3, 0.4) is 0 Å². The summed E-state index contributed by atoms with van der Waals surface area (Å²) in [6.07, 6.45) is 1.13. The Balaban J connectivity index is 3.04. The second-order valence-electron chi connectivity index (χ2n) is 4.48. The number of methoxy groups -OCH3 is 1. The van der Waals surface area contributed by atoms with E-state index in [0.29, 0.717) is 11.6 Å². The van der Waals surface area contributed by atoms with Crippen molar-refractivity contribution in [3.05, 3.63) is 28.8 Å². The molecular weight excluding hydrogens is 262 g/mol. The van der Waals surface area contributed by atoms with Crippen LogP contribution < -0.4 is 10.1 Å². The molecule has 2 unspecified atom stereocenters. The predicted octanol–water partition coefficient (Wildman–Crippen LogP) is 3.81. The molecule has 4 heteroatoms. The van der Waals surface area contributed by atoms with Crippen LogP contribution in [0.4, 0.5) is 0 Å². The van der Waals surface area contributed by atoms with Gasteiger partial charge in [0.25, 0.3) is 0 Å². The summed E-state index contributed by atoms with van der Waals surface area (Å²) in [7, 11) is 1.68. The number of hydrogen-bond donors (Lipinski definition) is 1. The summed E-state index contributed by atoms with van der Waals surface area (Å²) in [5.41, 5.74) is 1.05. The van der Waals surface area contributed by atoms with Crippen molar-refractivity contribution in [1.82, 2.24) is 5.32 Å². The lowest BCUT2D eigenvalue weighted by molar-refractivity contribution is 0.0466. The normalized spacial score (nSPS) is 14.2. The average Bonchev–Trinajstić information content (AvgIpc) is 2.40. The Kier molecular flexibility index (Phi) is 7.21. The molecule has 0 saturated heterocycles. The molecule has 108 valence electrons. The zero-order valence-corrected chi connectivity index (χ0v) is 13.0. The van der Waals surface area contributed by atoms with E-state index in [0.717, 1.165) is 24.3 Å². The third kappa shape index (κ3) is 4.68. The van der Waals surface area contributed by atoms with E-state index in [-0.39, 0.29) is 12.1 Å². The molecule has 0 spiro atoms. The molecular formula is C15H24ClNO2. The molecule has 1 rings (SSSR count). The molecule has 0 radical (unpaired) electrons. The van der Waals surface area contributed by atoms with E-state index in [9.17, 15) is 0 Å². The van der Waals surface area contributed by atoms with Crippen molar-refractivity contribution in [2.24, 2.45) is 0 Å². The van der Waals surface area contributed by atoms with Crippen LogP contribution in [0.25, 0.3) is 0 Å². The minimum Gasteiger partial charge on any atom is -0.496 e. The van der Waals surface area contributed by atoms with Crippen LogP contribution in [0.15, 0.2) is 18.2 Å². The molecule has 2 atom stereocenters. The molecule has 0 aliphatic rings. The fourth-order valence-corrected chi connectivity index (χ4v) is 2.32. The summed E-state index contributed by atoms with van der Waals surface area (Å²) in [6.45, 7) is 7.83. The lowest BCUT2D eigenvalue weighted by atomic mass is 10.0. The van der Waals surface area contributed by atoms with Gasteiger partial charge in [-0.2, -0.15) is 0 Å². The molecule has 0 aliphatic heterocycles. The van der Waals surface area contributed by atoms with Crippen LogP contribution in [0, 0.1) is 0 Å². The van der Waals surface area contributed by atoms with Gasteiger partial charge in [-0.05, 0) is 45.0 Å². The van der Waals surface area contributed by atoms with Crippen LogP contribution in [-0.4, -0.2) is 26.4 Å². The SMILES string of the molecule is CCCNC(c1cc(Cl)ccc1OC)C(C)OCC. The monoisotopic (exact) mass is 285 g/mol. The Morgan fingerprint density at radius 3 is 2.63 bits per heavy atom. The largest absolute Gasteiger partial charge is 0.496 e. The highest BCUT2D eigenvalue weighted by Crippen LogP contribution is 2.31. The molecule has 0 saturated carbocycles.